The second-order valence-corrected chi connectivity index (χ2v) is 24.8. The Balaban J connectivity index is 1.84. The summed E-state index contributed by atoms with van der Waals surface area (Å²) in [5.74, 6) is 0.219. The van der Waals surface area contributed by atoms with Crippen LogP contribution in [0.1, 0.15) is 91.4 Å². The highest BCUT2D eigenvalue weighted by Crippen LogP contribution is 2.45. The van der Waals surface area contributed by atoms with Gasteiger partial charge >= 0.3 is 5.97 Å². The number of para-hydroxylation sites is 1. The summed E-state index contributed by atoms with van der Waals surface area (Å²) >= 11 is 0. The fraction of sp³-hybridized carbons (Fsp3) is 0.432. The molecule has 0 aliphatic carbocycles. The molecule has 0 spiro atoms. The zero-order valence-corrected chi connectivity index (χ0v) is 31.5. The Morgan fingerprint density at radius 3 is 1.67 bits per heavy atom. The molecule has 246 valence electrons. The summed E-state index contributed by atoms with van der Waals surface area (Å²) in [6.45, 7) is 25.5. The number of nitrogens with zero attached hydrogens (tertiary/aromatic N) is 1. The number of hydrogen-bond donors (Lipinski definition) is 0. The SMILES string of the molecule is Cc1cccc(C)c1OC(=O)C[C@H](c1ccc(O[Si](C)(C)C(C)(C)C)c(O[Si](C)(C)C(C)(C)C)c1)N1C(=O)c2ccccc2C1=O. The molecular formula is C37H49NO6Si2. The highest BCUT2D eigenvalue weighted by Gasteiger charge is 2.44. The minimum Gasteiger partial charge on any atom is -0.541 e. The van der Waals surface area contributed by atoms with E-state index in [9.17, 15) is 14.4 Å². The highest BCUT2D eigenvalue weighted by atomic mass is 28.4. The number of fused-ring (bicyclic) bond motifs is 1. The third-order valence-electron chi connectivity index (χ3n) is 9.82. The molecule has 9 heteroatoms. The summed E-state index contributed by atoms with van der Waals surface area (Å²) < 4.78 is 19.6. The van der Waals surface area contributed by atoms with Crippen LogP contribution in [0.3, 0.4) is 0 Å². The van der Waals surface area contributed by atoms with E-state index in [2.05, 4.69) is 67.7 Å². The second-order valence-electron chi connectivity index (χ2n) is 15.4. The third-order valence-corrected chi connectivity index (χ3v) is 18.5. The molecule has 1 atom stereocenters. The number of ether oxygens (including phenoxy) is 1. The van der Waals surface area contributed by atoms with Crippen LogP contribution in [-0.2, 0) is 4.79 Å². The molecule has 0 saturated heterocycles. The van der Waals surface area contributed by atoms with E-state index in [1.165, 1.54) is 4.90 Å². The van der Waals surface area contributed by atoms with Crippen LogP contribution in [0.15, 0.2) is 60.7 Å². The van der Waals surface area contributed by atoms with Gasteiger partial charge in [-0.2, -0.15) is 0 Å². The molecule has 0 saturated carbocycles. The van der Waals surface area contributed by atoms with Gasteiger partial charge in [0.25, 0.3) is 28.4 Å². The molecule has 1 aliphatic heterocycles. The van der Waals surface area contributed by atoms with Crippen molar-refractivity contribution in [3.05, 3.63) is 88.5 Å². The normalized spacial score (nSPS) is 14.7. The van der Waals surface area contributed by atoms with E-state index >= 15 is 0 Å². The number of amides is 2. The van der Waals surface area contributed by atoms with Gasteiger partial charge in [0.15, 0.2) is 0 Å². The predicted molar refractivity (Wildman–Crippen MR) is 188 cm³/mol. The Morgan fingerprint density at radius 2 is 1.20 bits per heavy atom. The first-order chi connectivity index (χ1) is 21.1. The van der Waals surface area contributed by atoms with Crippen molar-refractivity contribution in [1.82, 2.24) is 4.90 Å². The van der Waals surface area contributed by atoms with E-state index in [1.807, 2.05) is 50.2 Å². The minimum absolute atomic E-state index is 0.0555. The Morgan fingerprint density at radius 1 is 0.717 bits per heavy atom. The summed E-state index contributed by atoms with van der Waals surface area (Å²) in [6, 6.07) is 17.0. The van der Waals surface area contributed by atoms with Gasteiger partial charge in [-0.15, -0.1) is 0 Å². The van der Waals surface area contributed by atoms with Crippen molar-refractivity contribution in [2.24, 2.45) is 0 Å². The van der Waals surface area contributed by atoms with E-state index in [0.717, 1.165) is 11.1 Å². The van der Waals surface area contributed by atoms with E-state index < -0.39 is 40.5 Å². The minimum atomic E-state index is -2.37. The van der Waals surface area contributed by atoms with Crippen molar-refractivity contribution in [3.8, 4) is 17.2 Å². The van der Waals surface area contributed by atoms with Crippen LogP contribution >= 0.6 is 0 Å². The smallest absolute Gasteiger partial charge is 0.313 e. The van der Waals surface area contributed by atoms with E-state index in [-0.39, 0.29) is 16.5 Å². The first kappa shape index (κ1) is 35.2. The van der Waals surface area contributed by atoms with Gasteiger partial charge in [0.2, 0.25) is 0 Å². The maximum Gasteiger partial charge on any atom is 0.313 e. The van der Waals surface area contributed by atoms with Gasteiger partial charge in [0.1, 0.15) is 17.2 Å². The van der Waals surface area contributed by atoms with Gasteiger partial charge in [-0.1, -0.05) is 77.9 Å². The zero-order chi connectivity index (χ0) is 34.4. The number of aryl methyl sites for hydroxylation is 2. The largest absolute Gasteiger partial charge is 0.541 e. The monoisotopic (exact) mass is 659 g/mol. The Labute approximate surface area is 276 Å². The molecule has 1 heterocycles. The summed E-state index contributed by atoms with van der Waals surface area (Å²) in [5, 5.41) is -0.158. The Hall–Kier alpha value is -3.70. The molecule has 0 bridgehead atoms. The van der Waals surface area contributed by atoms with Gasteiger partial charge in [0.05, 0.1) is 23.6 Å². The summed E-state index contributed by atoms with van der Waals surface area (Å²) in [5.41, 5.74) is 2.86. The van der Waals surface area contributed by atoms with Crippen LogP contribution < -0.4 is 13.6 Å². The van der Waals surface area contributed by atoms with Crippen molar-refractivity contribution >= 4 is 34.4 Å². The third kappa shape index (κ3) is 7.00. The summed E-state index contributed by atoms with van der Waals surface area (Å²) in [6.07, 6.45) is -0.235. The van der Waals surface area contributed by atoms with Crippen LogP contribution in [0.25, 0.3) is 0 Å². The number of esters is 1. The molecular weight excluding hydrogens is 611 g/mol. The quantitative estimate of drug-likeness (QED) is 0.0985. The first-order valence-electron chi connectivity index (χ1n) is 15.9. The van der Waals surface area contributed by atoms with E-state index in [1.54, 1.807) is 24.3 Å². The van der Waals surface area contributed by atoms with Crippen molar-refractivity contribution in [2.75, 3.05) is 0 Å². The predicted octanol–water partition coefficient (Wildman–Crippen LogP) is 9.40. The van der Waals surface area contributed by atoms with Crippen molar-refractivity contribution < 1.29 is 28.0 Å². The lowest BCUT2D eigenvalue weighted by Gasteiger charge is -2.40. The molecule has 4 rings (SSSR count). The molecule has 0 radical (unpaired) electrons. The standard InChI is InChI=1S/C37H49NO6Si2/c1-24-16-15-17-25(2)33(24)42-32(39)23-29(38-34(40)27-18-13-14-19-28(27)35(38)41)26-20-21-30(43-45(9,10)36(3,4)5)31(22-26)44-46(11,12)37(6,7)8/h13-22,29H,23H2,1-12H3/t29-/m1/s1. The highest BCUT2D eigenvalue weighted by molar-refractivity contribution is 6.75. The summed E-state index contributed by atoms with van der Waals surface area (Å²) in [4.78, 5) is 42.4. The van der Waals surface area contributed by atoms with E-state index in [0.29, 0.717) is 33.9 Å². The number of carbonyl (C=O) groups excluding carboxylic acids is 3. The lowest BCUT2D eigenvalue weighted by molar-refractivity contribution is -0.135. The molecule has 0 fully saturated rings. The van der Waals surface area contributed by atoms with Gasteiger partial charge in [-0.3, -0.25) is 19.3 Å². The van der Waals surface area contributed by atoms with E-state index in [4.69, 9.17) is 13.6 Å². The van der Waals surface area contributed by atoms with Gasteiger partial charge in [-0.25, -0.2) is 0 Å². The first-order valence-corrected chi connectivity index (χ1v) is 21.7. The molecule has 7 nitrogen and oxygen atoms in total. The second kappa shape index (κ2) is 12.5. The fourth-order valence-electron chi connectivity index (χ4n) is 4.87. The van der Waals surface area contributed by atoms with Crippen LogP contribution in [0.2, 0.25) is 36.3 Å². The molecule has 2 amide bonds. The van der Waals surface area contributed by atoms with Crippen molar-refractivity contribution in [1.29, 1.82) is 0 Å². The average molecular weight is 660 g/mol. The topological polar surface area (TPSA) is 82.1 Å². The number of benzene rings is 3. The van der Waals surface area contributed by atoms with Gasteiger partial charge < -0.3 is 13.6 Å². The lowest BCUT2D eigenvalue weighted by Crippen LogP contribution is -2.45. The Kier molecular flexibility index (Phi) is 9.54. The maximum atomic E-state index is 13.8. The molecule has 0 N–H and O–H groups in total. The average Bonchev–Trinajstić information content (AvgIpc) is 3.18. The number of imide groups is 1. The maximum absolute atomic E-state index is 13.8. The molecule has 3 aromatic carbocycles. The van der Waals surface area contributed by atoms with Gasteiger partial charge in [-0.05, 0) is 91.1 Å². The van der Waals surface area contributed by atoms with Crippen LogP contribution in [-0.4, -0.2) is 39.3 Å². The van der Waals surface area contributed by atoms with Gasteiger partial charge in [0, 0.05) is 0 Å². The molecule has 0 unspecified atom stereocenters. The van der Waals surface area contributed by atoms with Crippen LogP contribution in [0.5, 0.6) is 17.2 Å². The molecule has 46 heavy (non-hydrogen) atoms. The van der Waals surface area contributed by atoms with Crippen LogP contribution in [0, 0.1) is 13.8 Å². The summed E-state index contributed by atoms with van der Waals surface area (Å²) in [7, 11) is -4.64. The fourth-order valence-corrected chi connectivity index (χ4v) is 6.91. The van der Waals surface area contributed by atoms with Crippen LogP contribution in [0.4, 0.5) is 0 Å². The van der Waals surface area contributed by atoms with Crippen molar-refractivity contribution in [3.63, 3.8) is 0 Å². The Bertz CT molecular complexity index is 1610. The molecule has 1 aliphatic rings. The van der Waals surface area contributed by atoms with Crippen molar-refractivity contribution in [2.45, 2.75) is 104 Å². The molecule has 3 aromatic rings. The number of carbonyl (C=O) groups is 3. The molecule has 0 aromatic heterocycles. The zero-order valence-electron chi connectivity index (χ0n) is 29.5. The number of rotatable bonds is 9. The number of hydrogen-bond acceptors (Lipinski definition) is 6. The lowest BCUT2D eigenvalue weighted by atomic mass is 10.0.